The van der Waals surface area contributed by atoms with Crippen molar-refractivity contribution >= 4 is 39.1 Å². The van der Waals surface area contributed by atoms with Gasteiger partial charge in [0, 0.05) is 24.2 Å². The van der Waals surface area contributed by atoms with E-state index in [1.807, 2.05) is 20.8 Å². The standard InChI is InChI=1S/C33H42ClN3O7S/c1-7-29(33(39)35-20-23(3)4)36(21-24-11-9-10-12-28(24)34)32(38)22-37(25-13-15-26(16-14-25)44-8-2)45(40,41)27-17-18-30(42-5)31(19-27)43-6/h9-19,23,29H,7-8,20-22H2,1-6H3,(H,35,39)/t29-/m0/s1. The van der Waals surface area contributed by atoms with Crippen LogP contribution in [0.25, 0.3) is 0 Å². The normalized spacial score (nSPS) is 11.9. The van der Waals surface area contributed by atoms with Crippen LogP contribution in [0, 0.1) is 5.92 Å². The molecule has 0 aliphatic carbocycles. The summed E-state index contributed by atoms with van der Waals surface area (Å²) in [7, 11) is -1.48. The molecule has 0 radical (unpaired) electrons. The minimum atomic E-state index is -4.34. The van der Waals surface area contributed by atoms with Gasteiger partial charge in [0.1, 0.15) is 18.3 Å². The molecule has 0 spiro atoms. The number of halogens is 1. The van der Waals surface area contributed by atoms with Gasteiger partial charge >= 0.3 is 0 Å². The van der Waals surface area contributed by atoms with Gasteiger partial charge in [-0.1, -0.05) is 50.6 Å². The Morgan fingerprint density at radius 2 is 1.60 bits per heavy atom. The predicted octanol–water partition coefficient (Wildman–Crippen LogP) is 5.53. The van der Waals surface area contributed by atoms with Crippen molar-refractivity contribution in [1.29, 1.82) is 0 Å². The number of amides is 2. The van der Waals surface area contributed by atoms with Crippen LogP contribution in [0.1, 0.15) is 39.7 Å². The number of benzene rings is 3. The van der Waals surface area contributed by atoms with E-state index in [1.54, 1.807) is 55.5 Å². The highest BCUT2D eigenvalue weighted by Crippen LogP contribution is 2.33. The van der Waals surface area contributed by atoms with Gasteiger partial charge in [-0.2, -0.15) is 0 Å². The molecule has 0 unspecified atom stereocenters. The van der Waals surface area contributed by atoms with Crippen LogP contribution in [-0.2, 0) is 26.2 Å². The van der Waals surface area contributed by atoms with Crippen molar-refractivity contribution in [2.45, 2.75) is 51.6 Å². The van der Waals surface area contributed by atoms with Crippen molar-refractivity contribution in [3.05, 3.63) is 77.3 Å². The van der Waals surface area contributed by atoms with Crippen LogP contribution in [0.3, 0.4) is 0 Å². The molecule has 0 aliphatic heterocycles. The highest BCUT2D eigenvalue weighted by Gasteiger charge is 2.34. The summed E-state index contributed by atoms with van der Waals surface area (Å²) in [6, 6.07) is 16.8. The van der Waals surface area contributed by atoms with Crippen LogP contribution in [-0.4, -0.2) is 65.1 Å². The monoisotopic (exact) mass is 659 g/mol. The molecule has 0 aliphatic rings. The zero-order chi connectivity index (χ0) is 33.1. The van der Waals surface area contributed by atoms with Crippen molar-refractivity contribution in [3.63, 3.8) is 0 Å². The summed E-state index contributed by atoms with van der Waals surface area (Å²) in [5.74, 6) is 0.389. The number of anilines is 1. The number of sulfonamides is 1. The number of nitrogens with one attached hydrogen (secondary N) is 1. The molecule has 3 rings (SSSR count). The largest absolute Gasteiger partial charge is 0.494 e. The maximum Gasteiger partial charge on any atom is 0.264 e. The van der Waals surface area contributed by atoms with E-state index in [9.17, 15) is 18.0 Å². The quantitative estimate of drug-likeness (QED) is 0.215. The first-order valence-corrected chi connectivity index (χ1v) is 16.6. The number of rotatable bonds is 16. The van der Waals surface area contributed by atoms with Crippen LogP contribution in [0.2, 0.25) is 5.02 Å². The molecule has 1 atom stereocenters. The fourth-order valence-electron chi connectivity index (χ4n) is 4.66. The second-order valence-corrected chi connectivity index (χ2v) is 12.9. The molecule has 0 bridgehead atoms. The topological polar surface area (TPSA) is 114 Å². The number of carbonyl (C=O) groups is 2. The summed E-state index contributed by atoms with van der Waals surface area (Å²) in [4.78, 5) is 29.0. The lowest BCUT2D eigenvalue weighted by Gasteiger charge is -2.33. The van der Waals surface area contributed by atoms with Crippen molar-refractivity contribution < 1.29 is 32.2 Å². The first kappa shape index (κ1) is 35.5. The van der Waals surface area contributed by atoms with E-state index in [2.05, 4.69) is 5.32 Å². The van der Waals surface area contributed by atoms with Crippen molar-refractivity contribution in [2.75, 3.05) is 38.2 Å². The Bertz CT molecular complexity index is 1550. The molecule has 0 aromatic heterocycles. The third-order valence-electron chi connectivity index (χ3n) is 7.03. The van der Waals surface area contributed by atoms with Gasteiger partial charge in [0.15, 0.2) is 11.5 Å². The van der Waals surface area contributed by atoms with Gasteiger partial charge in [-0.15, -0.1) is 0 Å². The number of hydrogen-bond acceptors (Lipinski definition) is 7. The number of ether oxygens (including phenoxy) is 3. The molecule has 0 heterocycles. The van der Waals surface area contributed by atoms with Gasteiger partial charge < -0.3 is 24.4 Å². The lowest BCUT2D eigenvalue weighted by molar-refractivity contribution is -0.140. The summed E-state index contributed by atoms with van der Waals surface area (Å²) >= 11 is 6.47. The average Bonchev–Trinajstić information content (AvgIpc) is 3.03. The third kappa shape index (κ3) is 9.04. The molecule has 244 valence electrons. The molecule has 3 aromatic rings. The van der Waals surface area contributed by atoms with Gasteiger partial charge in [0.25, 0.3) is 10.0 Å². The molecule has 45 heavy (non-hydrogen) atoms. The van der Waals surface area contributed by atoms with Crippen molar-refractivity contribution in [2.24, 2.45) is 5.92 Å². The summed E-state index contributed by atoms with van der Waals surface area (Å²) in [6.07, 6.45) is 0.297. The highest BCUT2D eigenvalue weighted by molar-refractivity contribution is 7.92. The zero-order valence-electron chi connectivity index (χ0n) is 26.6. The van der Waals surface area contributed by atoms with Gasteiger partial charge in [-0.25, -0.2) is 8.42 Å². The molecular formula is C33H42ClN3O7S. The molecule has 10 nitrogen and oxygen atoms in total. The molecule has 2 amide bonds. The maximum atomic E-state index is 14.3. The summed E-state index contributed by atoms with van der Waals surface area (Å²) in [5, 5.41) is 3.34. The molecule has 12 heteroatoms. The molecule has 0 fully saturated rings. The number of carbonyl (C=O) groups excluding carboxylic acids is 2. The minimum Gasteiger partial charge on any atom is -0.494 e. The molecule has 1 N–H and O–H groups in total. The number of methoxy groups -OCH3 is 2. The Balaban J connectivity index is 2.11. The lowest BCUT2D eigenvalue weighted by Crippen LogP contribution is -2.52. The maximum absolute atomic E-state index is 14.3. The fourth-order valence-corrected chi connectivity index (χ4v) is 6.29. The van der Waals surface area contributed by atoms with E-state index in [0.29, 0.717) is 41.7 Å². The Labute approximate surface area is 271 Å². The van der Waals surface area contributed by atoms with Crippen LogP contribution < -0.4 is 23.8 Å². The van der Waals surface area contributed by atoms with Crippen LogP contribution in [0.4, 0.5) is 5.69 Å². The summed E-state index contributed by atoms with van der Waals surface area (Å²) in [6.45, 7) is 7.85. The molecular weight excluding hydrogens is 618 g/mol. The third-order valence-corrected chi connectivity index (χ3v) is 9.17. The van der Waals surface area contributed by atoms with E-state index in [0.717, 1.165) is 4.31 Å². The SMILES string of the molecule is CCOc1ccc(N(CC(=O)N(Cc2ccccc2Cl)[C@@H](CC)C(=O)NCC(C)C)S(=O)(=O)c2ccc(OC)c(OC)c2)cc1. The number of nitrogens with zero attached hydrogens (tertiary/aromatic N) is 2. The van der Waals surface area contributed by atoms with E-state index in [-0.39, 0.29) is 34.7 Å². The average molecular weight is 660 g/mol. The van der Waals surface area contributed by atoms with Gasteiger partial charge in [0.05, 0.1) is 31.4 Å². The Morgan fingerprint density at radius 1 is 0.933 bits per heavy atom. The molecule has 0 saturated carbocycles. The minimum absolute atomic E-state index is 0.000361. The summed E-state index contributed by atoms with van der Waals surface area (Å²) in [5.41, 5.74) is 0.856. The second-order valence-electron chi connectivity index (χ2n) is 10.6. The van der Waals surface area contributed by atoms with Crippen LogP contribution in [0.5, 0.6) is 17.2 Å². The van der Waals surface area contributed by atoms with Crippen molar-refractivity contribution in [1.82, 2.24) is 10.2 Å². The number of hydrogen-bond donors (Lipinski definition) is 1. The summed E-state index contributed by atoms with van der Waals surface area (Å²) < 4.78 is 45.7. The van der Waals surface area contributed by atoms with Crippen LogP contribution >= 0.6 is 11.6 Å². The van der Waals surface area contributed by atoms with Gasteiger partial charge in [0.2, 0.25) is 11.8 Å². The lowest BCUT2D eigenvalue weighted by atomic mass is 10.1. The second kappa shape index (κ2) is 16.4. The first-order chi connectivity index (χ1) is 21.5. The van der Waals surface area contributed by atoms with E-state index >= 15 is 0 Å². The highest BCUT2D eigenvalue weighted by atomic mass is 35.5. The molecule has 0 saturated heterocycles. The predicted molar refractivity (Wildman–Crippen MR) is 176 cm³/mol. The Kier molecular flexibility index (Phi) is 12.9. The van der Waals surface area contributed by atoms with Crippen LogP contribution in [0.15, 0.2) is 71.6 Å². The van der Waals surface area contributed by atoms with Gasteiger partial charge in [-0.3, -0.25) is 13.9 Å². The van der Waals surface area contributed by atoms with E-state index in [4.69, 9.17) is 25.8 Å². The van der Waals surface area contributed by atoms with Crippen molar-refractivity contribution in [3.8, 4) is 17.2 Å². The first-order valence-electron chi connectivity index (χ1n) is 14.7. The molecule has 3 aromatic carbocycles. The van der Waals surface area contributed by atoms with E-state index in [1.165, 1.54) is 37.3 Å². The zero-order valence-corrected chi connectivity index (χ0v) is 28.2. The fraction of sp³-hybridized carbons (Fsp3) is 0.394. The van der Waals surface area contributed by atoms with Gasteiger partial charge in [-0.05, 0) is 67.3 Å². The Hall–Kier alpha value is -3.96. The Morgan fingerprint density at radius 3 is 2.18 bits per heavy atom. The van der Waals surface area contributed by atoms with E-state index < -0.39 is 28.5 Å². The smallest absolute Gasteiger partial charge is 0.264 e.